The van der Waals surface area contributed by atoms with Crippen LogP contribution in [0.3, 0.4) is 0 Å². The first-order chi connectivity index (χ1) is 18.2. The normalized spacial score (nSPS) is 32.5. The highest BCUT2D eigenvalue weighted by molar-refractivity contribution is 5.87. The van der Waals surface area contributed by atoms with Gasteiger partial charge in [-0.05, 0) is 85.3 Å². The van der Waals surface area contributed by atoms with Crippen molar-refractivity contribution in [1.82, 2.24) is 4.98 Å². The van der Waals surface area contributed by atoms with Crippen LogP contribution in [0.2, 0.25) is 0 Å². The van der Waals surface area contributed by atoms with E-state index in [0.29, 0.717) is 24.2 Å². The van der Waals surface area contributed by atoms with Crippen molar-refractivity contribution >= 4 is 5.97 Å². The van der Waals surface area contributed by atoms with Gasteiger partial charge in [0, 0.05) is 19.0 Å². The van der Waals surface area contributed by atoms with Crippen LogP contribution in [0.25, 0.3) is 0 Å². The summed E-state index contributed by atoms with van der Waals surface area (Å²) in [7, 11) is 0. The number of ether oxygens (including phenoxy) is 1. The van der Waals surface area contributed by atoms with Gasteiger partial charge in [0.2, 0.25) is 5.79 Å². The Hall–Kier alpha value is -2.24. The number of esters is 1. The molecule has 0 amide bonds. The average Bonchev–Trinajstić information content (AvgIpc) is 3.27. The number of hydrogen-bond acceptors (Lipinski definition) is 5. The van der Waals surface area contributed by atoms with E-state index < -0.39 is 11.8 Å². The second-order valence-corrected chi connectivity index (χ2v) is 12.7. The molecule has 5 atom stereocenters. The molecule has 0 radical (unpaired) electrons. The highest BCUT2D eigenvalue weighted by Crippen LogP contribution is 2.60. The quantitative estimate of drug-likeness (QED) is 0.152. The van der Waals surface area contributed by atoms with Crippen molar-refractivity contribution in [1.29, 1.82) is 0 Å². The molecule has 0 bridgehead atoms. The van der Waals surface area contributed by atoms with E-state index in [9.17, 15) is 10.1 Å². The molecular weight excluding hydrogens is 474 g/mol. The van der Waals surface area contributed by atoms with Gasteiger partial charge in [0.05, 0.1) is 0 Å². The molecule has 3 saturated carbocycles. The smallest absolute Gasteiger partial charge is 0.359 e. The van der Waals surface area contributed by atoms with Crippen LogP contribution in [0.5, 0.6) is 0 Å². The number of carbonyl (C=O) groups is 1. The van der Waals surface area contributed by atoms with E-state index >= 15 is 0 Å². The van der Waals surface area contributed by atoms with Gasteiger partial charge in [-0.2, -0.15) is 4.89 Å². The first-order valence-corrected chi connectivity index (χ1v) is 14.7. The van der Waals surface area contributed by atoms with Gasteiger partial charge >= 0.3 is 5.97 Å². The number of hydrogen-bond donors (Lipinski definition) is 1. The zero-order chi connectivity index (χ0) is 27.3. The van der Waals surface area contributed by atoms with Crippen LogP contribution in [0.4, 0.5) is 0 Å². The van der Waals surface area contributed by atoms with Gasteiger partial charge in [0.15, 0.2) is 0 Å². The Kier molecular flexibility index (Phi) is 9.31. The molecule has 0 aromatic carbocycles. The fraction of sp³-hybridized carbons (Fsp3) is 0.636. The molecule has 5 heteroatoms. The Bertz CT molecular complexity index is 1040. The second-order valence-electron chi connectivity index (χ2n) is 12.7. The Morgan fingerprint density at radius 2 is 2.00 bits per heavy atom. The number of carbonyl (C=O) groups excluding carboxylic acids is 1. The van der Waals surface area contributed by atoms with Crippen molar-refractivity contribution in [2.45, 2.75) is 104 Å². The van der Waals surface area contributed by atoms with Crippen molar-refractivity contribution < 1.29 is 19.7 Å². The van der Waals surface area contributed by atoms with Crippen LogP contribution in [0.15, 0.2) is 59.8 Å². The van der Waals surface area contributed by atoms with Gasteiger partial charge in [0.1, 0.15) is 5.69 Å². The van der Waals surface area contributed by atoms with Gasteiger partial charge in [0.25, 0.3) is 0 Å². The summed E-state index contributed by atoms with van der Waals surface area (Å²) in [5, 5.41) is 9.82. The van der Waals surface area contributed by atoms with Crippen molar-refractivity contribution in [3.63, 3.8) is 0 Å². The fourth-order valence-electron chi connectivity index (χ4n) is 7.54. The summed E-state index contributed by atoms with van der Waals surface area (Å²) >= 11 is 0. The van der Waals surface area contributed by atoms with E-state index in [4.69, 9.17) is 9.62 Å². The Labute approximate surface area is 229 Å². The number of fused-ring (bicyclic) bond motifs is 1. The molecule has 5 nitrogen and oxygen atoms in total. The number of pyridine rings is 1. The summed E-state index contributed by atoms with van der Waals surface area (Å²) in [6.45, 7) is 14.0. The molecule has 3 fully saturated rings. The molecule has 3 aliphatic carbocycles. The molecule has 1 aromatic heterocycles. The predicted octanol–water partition coefficient (Wildman–Crippen LogP) is 8.70. The van der Waals surface area contributed by atoms with Crippen LogP contribution < -0.4 is 0 Å². The first kappa shape index (κ1) is 28.8. The first-order valence-electron chi connectivity index (χ1n) is 14.7. The van der Waals surface area contributed by atoms with Gasteiger partial charge in [-0.25, -0.2) is 15.0 Å². The van der Waals surface area contributed by atoms with Crippen LogP contribution in [-0.4, -0.2) is 22.0 Å². The summed E-state index contributed by atoms with van der Waals surface area (Å²) in [4.78, 5) is 21.6. The van der Waals surface area contributed by atoms with Gasteiger partial charge < -0.3 is 4.74 Å². The maximum absolute atomic E-state index is 12.7. The van der Waals surface area contributed by atoms with Crippen LogP contribution in [0, 0.1) is 29.1 Å². The van der Waals surface area contributed by atoms with E-state index in [0.717, 1.165) is 35.3 Å². The highest BCUT2D eigenvalue weighted by atomic mass is 17.1. The Morgan fingerprint density at radius 1 is 1.18 bits per heavy atom. The molecule has 0 saturated heterocycles. The molecule has 0 aliphatic heterocycles. The summed E-state index contributed by atoms with van der Waals surface area (Å²) in [6.07, 6.45) is 17.5. The third kappa shape index (κ3) is 6.31. The molecule has 1 heterocycles. The maximum Gasteiger partial charge on any atom is 0.359 e. The summed E-state index contributed by atoms with van der Waals surface area (Å²) < 4.78 is 5.68. The van der Waals surface area contributed by atoms with Crippen LogP contribution in [0.1, 0.15) is 109 Å². The largest absolute Gasteiger partial charge is 0.425 e. The third-order valence-corrected chi connectivity index (χ3v) is 9.71. The van der Waals surface area contributed by atoms with E-state index in [1.165, 1.54) is 44.9 Å². The maximum atomic E-state index is 12.7. The molecule has 4 rings (SSSR count). The molecule has 0 spiro atoms. The number of nitrogens with zero attached hydrogens (tertiary/aromatic N) is 1. The molecule has 38 heavy (non-hydrogen) atoms. The zero-order valence-corrected chi connectivity index (χ0v) is 23.9. The molecular formula is C33H47NO4. The minimum absolute atomic E-state index is 0.191. The Morgan fingerprint density at radius 3 is 2.71 bits per heavy atom. The van der Waals surface area contributed by atoms with Crippen molar-refractivity contribution in [2.75, 3.05) is 0 Å². The lowest BCUT2D eigenvalue weighted by molar-refractivity contribution is -0.391. The molecule has 1 unspecified atom stereocenters. The lowest BCUT2D eigenvalue weighted by Gasteiger charge is -2.44. The number of allylic oxidation sites excluding steroid dienone is 4. The number of aromatic nitrogens is 1. The lowest BCUT2D eigenvalue weighted by atomic mass is 9.60. The van der Waals surface area contributed by atoms with Gasteiger partial charge in [-0.1, -0.05) is 82.9 Å². The monoisotopic (exact) mass is 521 g/mol. The summed E-state index contributed by atoms with van der Waals surface area (Å²) in [5.74, 6) is 0.952. The van der Waals surface area contributed by atoms with E-state index in [1.807, 2.05) is 0 Å². The minimum atomic E-state index is -1.43. The van der Waals surface area contributed by atoms with Crippen molar-refractivity contribution in [3.8, 4) is 0 Å². The van der Waals surface area contributed by atoms with Crippen LogP contribution in [-0.2, 0) is 9.62 Å². The third-order valence-electron chi connectivity index (χ3n) is 9.71. The SMILES string of the molecule is C=C1CC[C@@](OO)(OC(=O)c2ccccn2)C/C1=C/C=C1CCC[C@@]2(C)C1CC[C@@H]2[C@H](C)CCCC(C)C. The predicted molar refractivity (Wildman–Crippen MR) is 151 cm³/mol. The average molecular weight is 522 g/mol. The molecule has 1 aromatic rings. The van der Waals surface area contributed by atoms with E-state index in [2.05, 4.69) is 51.4 Å². The van der Waals surface area contributed by atoms with E-state index in [-0.39, 0.29) is 12.1 Å². The topological polar surface area (TPSA) is 68.7 Å². The van der Waals surface area contributed by atoms with Gasteiger partial charge in [-0.3, -0.25) is 0 Å². The van der Waals surface area contributed by atoms with Crippen molar-refractivity contribution in [2.24, 2.45) is 29.1 Å². The Balaban J connectivity index is 1.48. The molecule has 208 valence electrons. The summed E-state index contributed by atoms with van der Waals surface area (Å²) in [5.41, 5.74) is 4.08. The molecule has 1 N–H and O–H groups in total. The number of rotatable bonds is 9. The van der Waals surface area contributed by atoms with Crippen molar-refractivity contribution in [3.05, 3.63) is 65.5 Å². The minimum Gasteiger partial charge on any atom is -0.425 e. The fourth-order valence-corrected chi connectivity index (χ4v) is 7.54. The van der Waals surface area contributed by atoms with E-state index in [1.54, 1.807) is 30.0 Å². The molecule has 3 aliphatic rings. The second kappa shape index (κ2) is 12.3. The summed E-state index contributed by atoms with van der Waals surface area (Å²) in [6, 6.07) is 5.06. The van der Waals surface area contributed by atoms with Crippen LogP contribution >= 0.6 is 0 Å². The lowest BCUT2D eigenvalue weighted by Crippen LogP contribution is -2.40. The van der Waals surface area contributed by atoms with Gasteiger partial charge in [-0.15, -0.1) is 0 Å². The zero-order valence-electron chi connectivity index (χ0n) is 23.9. The standard InChI is InChI=1S/C33H47NO4/c1-23(2)10-8-11-25(4)28-16-17-29-26(12-9-19-32(28,29)5)14-15-27-22-33(38-36,20-18-24(27)3)37-31(35)30-13-6-7-21-34-30/h6-7,13-15,21,23,25,28-29,36H,3,8-12,16-20,22H2,1-2,4-5H3/b26-14?,27-15-/t25-,28-,29?,32-,33+/m1/s1. The highest BCUT2D eigenvalue weighted by Gasteiger charge is 2.50.